The van der Waals surface area contributed by atoms with Crippen LogP contribution in [0.15, 0.2) is 34.1 Å². The molecule has 0 aliphatic heterocycles. The largest absolute Gasteiger partial charge is 1.00 e. The zero-order valence-electron chi connectivity index (χ0n) is 13.3. The third kappa shape index (κ3) is 6.77. The number of ether oxygens (including phenoxy) is 2. The molecule has 11 heteroatoms. The molecule has 1 aromatic carbocycles. The number of benzene rings is 1. The predicted molar refractivity (Wildman–Crippen MR) is 76.9 cm³/mol. The second kappa shape index (κ2) is 10.1. The van der Waals surface area contributed by atoms with Gasteiger partial charge in [-0.15, -0.1) is 0 Å². The fourth-order valence-electron chi connectivity index (χ4n) is 1.68. The topological polar surface area (TPSA) is 113 Å². The standard InChI is InChI=1S/C12H19NO7S2.Na/c1-19-8-6-13(7-9-20-2)21(14,15)11-4-3-5-12(10-11)22(16,17)18;/h3-5,10H,6-9H2,1-2H3,(H,16,17,18);/q;+1/p-1. The van der Waals surface area contributed by atoms with Crippen LogP contribution in [0.5, 0.6) is 0 Å². The van der Waals surface area contributed by atoms with E-state index in [1.165, 1.54) is 26.4 Å². The van der Waals surface area contributed by atoms with Crippen molar-refractivity contribution in [2.24, 2.45) is 0 Å². The third-order valence-electron chi connectivity index (χ3n) is 2.82. The van der Waals surface area contributed by atoms with Gasteiger partial charge in [-0.1, -0.05) is 6.07 Å². The summed E-state index contributed by atoms with van der Waals surface area (Å²) in [4.78, 5) is -0.858. The number of nitrogens with zero attached hydrogens (tertiary/aromatic N) is 1. The molecule has 0 fully saturated rings. The van der Waals surface area contributed by atoms with E-state index in [1.54, 1.807) is 0 Å². The normalized spacial score (nSPS) is 12.2. The first-order valence-corrected chi connectivity index (χ1v) is 9.12. The molecule has 23 heavy (non-hydrogen) atoms. The zero-order chi connectivity index (χ0) is 16.8. The molecule has 0 amide bonds. The predicted octanol–water partition coefficient (Wildman–Crippen LogP) is -3.12. The van der Waals surface area contributed by atoms with Crippen LogP contribution < -0.4 is 29.6 Å². The first kappa shape index (κ1) is 23.0. The maximum Gasteiger partial charge on any atom is 1.00 e. The Kier molecular flexibility index (Phi) is 10.0. The summed E-state index contributed by atoms with van der Waals surface area (Å²) in [5.41, 5.74) is 0. The molecule has 0 saturated heterocycles. The second-order valence-electron chi connectivity index (χ2n) is 4.32. The van der Waals surface area contributed by atoms with Gasteiger partial charge < -0.3 is 14.0 Å². The van der Waals surface area contributed by atoms with Crippen molar-refractivity contribution < 1.29 is 60.4 Å². The van der Waals surface area contributed by atoms with Crippen LogP contribution in [-0.4, -0.2) is 66.2 Å². The van der Waals surface area contributed by atoms with Gasteiger partial charge in [0.1, 0.15) is 10.1 Å². The quantitative estimate of drug-likeness (QED) is 0.331. The molecule has 0 atom stereocenters. The molecule has 0 spiro atoms. The minimum atomic E-state index is -4.73. The van der Waals surface area contributed by atoms with Crippen molar-refractivity contribution in [1.29, 1.82) is 0 Å². The Morgan fingerprint density at radius 1 is 1.00 bits per heavy atom. The van der Waals surface area contributed by atoms with Crippen LogP contribution in [0.25, 0.3) is 0 Å². The van der Waals surface area contributed by atoms with Crippen molar-refractivity contribution >= 4 is 20.1 Å². The Morgan fingerprint density at radius 2 is 1.48 bits per heavy atom. The van der Waals surface area contributed by atoms with Crippen molar-refractivity contribution in [2.45, 2.75) is 9.79 Å². The maximum atomic E-state index is 12.5. The van der Waals surface area contributed by atoms with Crippen molar-refractivity contribution in [3.8, 4) is 0 Å². The van der Waals surface area contributed by atoms with Gasteiger partial charge in [0.2, 0.25) is 10.0 Å². The van der Waals surface area contributed by atoms with E-state index in [-0.39, 0.29) is 60.8 Å². The van der Waals surface area contributed by atoms with E-state index >= 15 is 0 Å². The molecule has 0 radical (unpaired) electrons. The van der Waals surface area contributed by atoms with Gasteiger partial charge in [0.05, 0.1) is 23.0 Å². The molecular formula is C12H18NNaO7S2. The van der Waals surface area contributed by atoms with E-state index < -0.39 is 25.0 Å². The van der Waals surface area contributed by atoms with E-state index in [0.717, 1.165) is 16.4 Å². The van der Waals surface area contributed by atoms with Gasteiger partial charge in [-0.05, 0) is 18.2 Å². The van der Waals surface area contributed by atoms with Gasteiger partial charge in [-0.3, -0.25) is 0 Å². The monoisotopic (exact) mass is 375 g/mol. The summed E-state index contributed by atoms with van der Waals surface area (Å²) >= 11 is 0. The second-order valence-corrected chi connectivity index (χ2v) is 7.64. The molecule has 1 rings (SSSR count). The van der Waals surface area contributed by atoms with E-state index in [2.05, 4.69) is 0 Å². The number of hydrogen-bond acceptors (Lipinski definition) is 7. The minimum Gasteiger partial charge on any atom is -0.744 e. The molecule has 8 nitrogen and oxygen atoms in total. The first-order valence-electron chi connectivity index (χ1n) is 6.27. The van der Waals surface area contributed by atoms with Gasteiger partial charge in [-0.25, -0.2) is 16.8 Å². The molecule has 1 aromatic rings. The zero-order valence-corrected chi connectivity index (χ0v) is 16.9. The van der Waals surface area contributed by atoms with E-state index in [9.17, 15) is 21.4 Å². The van der Waals surface area contributed by atoms with Crippen LogP contribution >= 0.6 is 0 Å². The first-order chi connectivity index (χ1) is 10.2. The Balaban J connectivity index is 0.00000484. The van der Waals surface area contributed by atoms with Crippen LogP contribution in [0.4, 0.5) is 0 Å². The minimum absolute atomic E-state index is 0. The smallest absolute Gasteiger partial charge is 0.744 e. The summed E-state index contributed by atoms with van der Waals surface area (Å²) in [7, 11) is -5.81. The van der Waals surface area contributed by atoms with E-state index in [0.29, 0.717) is 0 Å². The fourth-order valence-corrected chi connectivity index (χ4v) is 3.72. The summed E-state index contributed by atoms with van der Waals surface area (Å²) < 4.78 is 69.0. The van der Waals surface area contributed by atoms with Gasteiger partial charge in [-0.2, -0.15) is 4.31 Å². The van der Waals surface area contributed by atoms with Crippen LogP contribution in [0.1, 0.15) is 0 Å². The van der Waals surface area contributed by atoms with Crippen LogP contribution in [0.3, 0.4) is 0 Å². The number of methoxy groups -OCH3 is 2. The summed E-state index contributed by atoms with van der Waals surface area (Å²) in [6.07, 6.45) is 0. The van der Waals surface area contributed by atoms with E-state index in [1.807, 2.05) is 0 Å². The van der Waals surface area contributed by atoms with Crippen LogP contribution in [0, 0.1) is 0 Å². The molecule has 0 aromatic heterocycles. The number of hydrogen-bond donors (Lipinski definition) is 0. The van der Waals surface area contributed by atoms with Crippen molar-refractivity contribution in [2.75, 3.05) is 40.5 Å². The average molecular weight is 375 g/mol. The SMILES string of the molecule is COCCN(CCOC)S(=O)(=O)c1cccc(S(=O)(=O)[O-])c1.[Na+]. The Morgan fingerprint density at radius 3 is 1.91 bits per heavy atom. The Bertz CT molecular complexity index is 683. The van der Waals surface area contributed by atoms with Gasteiger partial charge >= 0.3 is 29.6 Å². The third-order valence-corrected chi connectivity index (χ3v) is 5.55. The van der Waals surface area contributed by atoms with Gasteiger partial charge in [0.15, 0.2) is 0 Å². The van der Waals surface area contributed by atoms with E-state index in [4.69, 9.17) is 9.47 Å². The summed E-state index contributed by atoms with van der Waals surface area (Å²) in [6.45, 7) is 0.498. The molecule has 0 N–H and O–H groups in total. The molecular weight excluding hydrogens is 357 g/mol. The van der Waals surface area contributed by atoms with Crippen molar-refractivity contribution in [3.63, 3.8) is 0 Å². The molecule has 0 saturated carbocycles. The van der Waals surface area contributed by atoms with Gasteiger partial charge in [0.25, 0.3) is 0 Å². The number of rotatable bonds is 9. The fraction of sp³-hybridized carbons (Fsp3) is 0.500. The number of sulfonamides is 1. The van der Waals surface area contributed by atoms with Gasteiger partial charge in [0, 0.05) is 27.3 Å². The molecule has 0 heterocycles. The summed E-state index contributed by atoms with van der Waals surface area (Å²) in [5.74, 6) is 0. The Labute approximate surface area is 158 Å². The Hall–Kier alpha value is -0.0400. The average Bonchev–Trinajstić information content (AvgIpc) is 2.46. The molecule has 0 aliphatic carbocycles. The van der Waals surface area contributed by atoms with Crippen molar-refractivity contribution in [3.05, 3.63) is 24.3 Å². The van der Waals surface area contributed by atoms with Crippen molar-refractivity contribution in [1.82, 2.24) is 4.31 Å². The molecule has 0 aliphatic rings. The summed E-state index contributed by atoms with van der Waals surface area (Å²) in [5, 5.41) is 0. The maximum absolute atomic E-state index is 12.5. The molecule has 0 bridgehead atoms. The van der Waals surface area contributed by atoms with Crippen LogP contribution in [-0.2, 0) is 29.6 Å². The molecule has 0 unspecified atom stereocenters. The van der Waals surface area contributed by atoms with Crippen LogP contribution in [0.2, 0.25) is 0 Å². The summed E-state index contributed by atoms with van der Waals surface area (Å²) in [6, 6.07) is 4.35. The molecule has 126 valence electrons.